The molecule has 4 heterocycles. The van der Waals surface area contributed by atoms with Crippen molar-refractivity contribution in [2.75, 3.05) is 10.6 Å². The lowest BCUT2D eigenvalue weighted by Gasteiger charge is -2.09. The number of carbonyl (C=O) groups is 2. The molecule has 61 heavy (non-hydrogen) atoms. The fourth-order valence-electron chi connectivity index (χ4n) is 5.56. The summed E-state index contributed by atoms with van der Waals surface area (Å²) in [7, 11) is 0. The molecule has 0 radical (unpaired) electrons. The lowest BCUT2D eigenvalue weighted by molar-refractivity contribution is 0.0691. The summed E-state index contributed by atoms with van der Waals surface area (Å²) in [5, 5.41) is 40.7. The van der Waals surface area contributed by atoms with Gasteiger partial charge in [0.2, 0.25) is 11.9 Å². The number of anilines is 4. The number of nitrogens with one attached hydrogen (secondary N) is 2. The Morgan fingerprint density at radius 1 is 0.803 bits per heavy atom. The van der Waals surface area contributed by atoms with Gasteiger partial charge in [-0.2, -0.15) is 20.7 Å². The van der Waals surface area contributed by atoms with Crippen molar-refractivity contribution in [2.24, 2.45) is 11.7 Å². The molecule has 0 spiro atoms. The average molecular weight is 869 g/mol. The molecule has 2 saturated carbocycles. The van der Waals surface area contributed by atoms with Crippen LogP contribution in [-0.2, 0) is 0 Å². The predicted octanol–water partition coefficient (Wildman–Crippen LogP) is 8.71. The third-order valence-corrected chi connectivity index (χ3v) is 9.53. The first-order valence-electron chi connectivity index (χ1n) is 18.8. The zero-order chi connectivity index (χ0) is 43.8. The van der Waals surface area contributed by atoms with E-state index in [9.17, 15) is 18.4 Å². The Bertz CT molecular complexity index is 2650. The van der Waals surface area contributed by atoms with Crippen molar-refractivity contribution in [1.82, 2.24) is 39.5 Å². The molecule has 2 aliphatic rings. The van der Waals surface area contributed by atoms with E-state index in [4.69, 9.17) is 44.6 Å². The number of halogens is 4. The summed E-state index contributed by atoms with van der Waals surface area (Å²) < 4.78 is 32.3. The van der Waals surface area contributed by atoms with E-state index >= 15 is 0 Å². The third-order valence-electron chi connectivity index (χ3n) is 8.98. The first-order valence-corrected chi connectivity index (χ1v) is 19.6. The number of nitriles is 2. The van der Waals surface area contributed by atoms with E-state index in [0.29, 0.717) is 40.5 Å². The number of nitrogens with two attached hydrogens (primary N) is 1. The highest BCUT2D eigenvalue weighted by Crippen LogP contribution is 2.36. The van der Waals surface area contributed by atoms with Crippen LogP contribution < -0.4 is 16.4 Å². The van der Waals surface area contributed by atoms with Gasteiger partial charge in [-0.3, -0.25) is 14.2 Å². The van der Waals surface area contributed by atoms with Crippen LogP contribution in [0.4, 0.5) is 32.1 Å². The van der Waals surface area contributed by atoms with Crippen LogP contribution in [0.5, 0.6) is 0 Å². The lowest BCUT2D eigenvalue weighted by atomic mass is 9.99. The minimum Gasteiger partial charge on any atom is -0.478 e. The molecule has 2 atom stereocenters. The smallest absolute Gasteiger partial charge is 0.338 e. The van der Waals surface area contributed by atoms with E-state index in [-0.39, 0.29) is 34.0 Å². The van der Waals surface area contributed by atoms with Gasteiger partial charge in [-0.25, -0.2) is 33.5 Å². The molecule has 0 aliphatic heterocycles. The van der Waals surface area contributed by atoms with Crippen LogP contribution in [0, 0.1) is 40.2 Å². The number of aromatic carboxylic acids is 1. The van der Waals surface area contributed by atoms with E-state index in [0.717, 1.165) is 43.1 Å². The van der Waals surface area contributed by atoms with Gasteiger partial charge in [0, 0.05) is 29.9 Å². The predicted molar refractivity (Wildman–Crippen MR) is 222 cm³/mol. The Hall–Kier alpha value is -6.86. The molecule has 0 unspecified atom stereocenters. The van der Waals surface area contributed by atoms with Crippen LogP contribution in [0.3, 0.4) is 0 Å². The fourth-order valence-corrected chi connectivity index (χ4v) is 5.96. The number of rotatable bonds is 12. The molecule has 2 aromatic carbocycles. The number of benzene rings is 2. The number of carbonyl (C=O) groups excluding carboxylic acids is 1. The summed E-state index contributed by atoms with van der Waals surface area (Å²) in [5.74, 6) is -3.20. The Kier molecular flexibility index (Phi) is 14.0. The molecule has 5 N–H and O–H groups in total. The molecule has 2 aliphatic carbocycles. The second-order valence-corrected chi connectivity index (χ2v) is 15.0. The molecule has 0 amide bonds. The second kappa shape index (κ2) is 19.5. The van der Waals surface area contributed by atoms with Crippen molar-refractivity contribution >= 4 is 58.2 Å². The van der Waals surface area contributed by atoms with Gasteiger partial charge in [-0.15, -0.1) is 0 Å². The number of carboxylic acid groups (broad SMARTS) is 1. The molecule has 16 nitrogen and oxygen atoms in total. The van der Waals surface area contributed by atoms with Gasteiger partial charge in [0.1, 0.15) is 11.6 Å². The topological polar surface area (TPSA) is 239 Å². The molecular weight excluding hydrogens is 831 g/mol. The standard InChI is InChI=1S/C21H18ClFN6O.C17H13ClFN5O2.C3H6N2/c1-12(8-24)6-19(30)16-5-2-13(7-18(16)23)20-17(22)10-25-21(28-20)27-14-9-26-29(11-14)15-3-4-15;18-13-7-20-17(22-10-6-21-24(8-10)11-2-3-11)23-15(13)9-1-4-12(16(25)26)14(19)5-9;1-3(5)2-4/h2,5,7,9-12,15H,3-4,6H2,1H3,(H,25,27,28);1,4-8,11H,2-3H2,(H,25,26)(H,20,22,23);3H,5H2,1H3/t12-;;3-/m1.0/s1. The first-order chi connectivity index (χ1) is 29.2. The lowest BCUT2D eigenvalue weighted by Crippen LogP contribution is -2.09. The summed E-state index contributed by atoms with van der Waals surface area (Å²) in [5.41, 5.74) is 7.35. The summed E-state index contributed by atoms with van der Waals surface area (Å²) in [6.45, 7) is 3.26. The number of Topliss-reactive ketones (excluding diaryl/α,β-unsaturated/α-hetero) is 1. The maximum atomic E-state index is 14.6. The maximum absolute atomic E-state index is 14.6. The third kappa shape index (κ3) is 11.7. The van der Waals surface area contributed by atoms with Crippen molar-refractivity contribution < 1.29 is 23.5 Å². The van der Waals surface area contributed by atoms with E-state index < -0.39 is 34.9 Å². The molecule has 4 aromatic heterocycles. The maximum Gasteiger partial charge on any atom is 0.338 e. The monoisotopic (exact) mass is 867 g/mol. The van der Waals surface area contributed by atoms with Gasteiger partial charge in [-0.1, -0.05) is 35.3 Å². The van der Waals surface area contributed by atoms with E-state index in [1.54, 1.807) is 38.4 Å². The van der Waals surface area contributed by atoms with Gasteiger partial charge in [0.15, 0.2) is 5.78 Å². The van der Waals surface area contributed by atoms with Crippen LogP contribution in [0.1, 0.15) is 78.8 Å². The van der Waals surface area contributed by atoms with Crippen molar-refractivity contribution in [3.63, 3.8) is 0 Å². The van der Waals surface area contributed by atoms with Gasteiger partial charge < -0.3 is 21.5 Å². The number of hydrogen-bond acceptors (Lipinski definition) is 13. The van der Waals surface area contributed by atoms with Gasteiger partial charge >= 0.3 is 5.97 Å². The normalized spacial score (nSPS) is 13.9. The molecular formula is C41H37Cl2F2N13O3. The summed E-state index contributed by atoms with van der Waals surface area (Å²) in [6, 6.07) is 12.3. The molecule has 0 bridgehead atoms. The second-order valence-electron chi connectivity index (χ2n) is 14.2. The molecule has 2 fully saturated rings. The zero-order valence-electron chi connectivity index (χ0n) is 32.6. The van der Waals surface area contributed by atoms with E-state index in [1.807, 2.05) is 27.8 Å². The van der Waals surface area contributed by atoms with Gasteiger partial charge in [-0.05, 0) is 63.8 Å². The Labute approximate surface area is 358 Å². The zero-order valence-corrected chi connectivity index (χ0v) is 34.1. The Morgan fingerprint density at radius 2 is 1.25 bits per heavy atom. The fraction of sp³-hybridized carbons (Fsp3) is 0.268. The highest BCUT2D eigenvalue weighted by atomic mass is 35.5. The number of hydrogen-bond donors (Lipinski definition) is 4. The number of ketones is 1. The largest absolute Gasteiger partial charge is 0.478 e. The van der Waals surface area contributed by atoms with E-state index in [1.165, 1.54) is 36.7 Å². The summed E-state index contributed by atoms with van der Waals surface area (Å²) in [4.78, 5) is 40.1. The molecule has 0 saturated heterocycles. The summed E-state index contributed by atoms with van der Waals surface area (Å²) >= 11 is 12.4. The highest BCUT2D eigenvalue weighted by Gasteiger charge is 2.25. The van der Waals surface area contributed by atoms with Crippen LogP contribution in [0.25, 0.3) is 22.5 Å². The number of carboxylic acids is 1. The molecule has 8 rings (SSSR count). The quantitative estimate of drug-likeness (QED) is 0.0842. The van der Waals surface area contributed by atoms with Crippen LogP contribution in [-0.4, -0.2) is 62.4 Å². The van der Waals surface area contributed by atoms with Crippen molar-refractivity contribution in [2.45, 2.75) is 64.1 Å². The van der Waals surface area contributed by atoms with Crippen LogP contribution >= 0.6 is 23.2 Å². The molecule has 312 valence electrons. The summed E-state index contributed by atoms with van der Waals surface area (Å²) in [6.07, 6.45) is 14.4. The van der Waals surface area contributed by atoms with Crippen molar-refractivity contribution in [3.05, 3.63) is 106 Å². The average Bonchev–Trinajstić information content (AvgIpc) is 4.18. The first kappa shape index (κ1) is 43.7. The van der Waals surface area contributed by atoms with E-state index in [2.05, 4.69) is 40.8 Å². The Balaban J connectivity index is 0.000000185. The van der Waals surface area contributed by atoms with Gasteiger partial charge in [0.05, 0.1) is 105 Å². The number of aromatic nitrogens is 8. The highest BCUT2D eigenvalue weighted by molar-refractivity contribution is 6.33. The Morgan fingerprint density at radius 3 is 1.62 bits per heavy atom. The number of nitrogens with zero attached hydrogens (tertiary/aromatic N) is 10. The molecule has 6 aromatic rings. The van der Waals surface area contributed by atoms with Crippen molar-refractivity contribution in [1.29, 1.82) is 10.5 Å². The van der Waals surface area contributed by atoms with Crippen LogP contribution in [0.2, 0.25) is 10.0 Å². The SMILES string of the molecule is C[C@@H](C#N)CC(=O)c1ccc(-c2nc(Nc3cnn(C4CC4)c3)ncc2Cl)cc1F.C[C@H](N)C#N.O=C(O)c1ccc(-c2nc(Nc3cnn(C4CC4)c3)ncc2Cl)cc1F. The van der Waals surface area contributed by atoms with Crippen molar-refractivity contribution in [3.8, 4) is 34.7 Å². The van der Waals surface area contributed by atoms with Crippen LogP contribution in [0.15, 0.2) is 73.6 Å². The molecule has 20 heteroatoms. The minimum absolute atomic E-state index is 0.0381. The minimum atomic E-state index is -1.34. The van der Waals surface area contributed by atoms with Gasteiger partial charge in [0.25, 0.3) is 0 Å².